The molecule has 0 fully saturated rings. The molecule has 0 saturated heterocycles. The molecule has 0 aromatic heterocycles. The Morgan fingerprint density at radius 3 is 1.64 bits per heavy atom. The van der Waals surface area contributed by atoms with E-state index in [-0.39, 0.29) is 11.1 Å². The minimum absolute atomic E-state index is 0.0423. The van der Waals surface area contributed by atoms with E-state index in [1.807, 2.05) is 31.2 Å². The molecule has 0 aliphatic heterocycles. The van der Waals surface area contributed by atoms with Crippen molar-refractivity contribution in [2.24, 2.45) is 0 Å². The molecule has 0 heterocycles. The van der Waals surface area contributed by atoms with E-state index in [4.69, 9.17) is 0 Å². The molecule has 0 bridgehead atoms. The summed E-state index contributed by atoms with van der Waals surface area (Å²) in [5.41, 5.74) is 1.14. The summed E-state index contributed by atoms with van der Waals surface area (Å²) in [6.07, 6.45) is 0. The van der Waals surface area contributed by atoms with E-state index in [2.05, 4.69) is 4.74 Å². The predicted molar refractivity (Wildman–Crippen MR) is 114 cm³/mol. The van der Waals surface area contributed by atoms with Crippen LogP contribution < -0.4 is 4.74 Å². The van der Waals surface area contributed by atoms with Gasteiger partial charge in [-0.25, -0.2) is 26.3 Å². The first-order valence-electron chi connectivity index (χ1n) is 9.82. The molecule has 0 unspecified atom stereocenters. The Morgan fingerprint density at radius 1 is 0.576 bits per heavy atom. The van der Waals surface area contributed by atoms with Crippen LogP contribution in [0.4, 0.5) is 26.3 Å². The summed E-state index contributed by atoms with van der Waals surface area (Å²) in [7, 11) is 0. The summed E-state index contributed by atoms with van der Waals surface area (Å²) >= 11 is 0. The van der Waals surface area contributed by atoms with Gasteiger partial charge in [-0.1, -0.05) is 42.0 Å². The standard InChI is InChI=1S/C26H16F6O/c1-14-2-4-15(5-3-14)16-6-7-19(20(28)8-16)17-9-21(29)25(22(30)10-17)18-11-23(31)26(33-13-27)24(32)12-18/h2-12H,13H2,1H3. The van der Waals surface area contributed by atoms with Gasteiger partial charge in [0.15, 0.2) is 17.4 Å². The molecule has 168 valence electrons. The molecular weight excluding hydrogens is 442 g/mol. The quantitative estimate of drug-likeness (QED) is 0.275. The Morgan fingerprint density at radius 2 is 1.09 bits per heavy atom. The van der Waals surface area contributed by atoms with Gasteiger partial charge in [-0.2, -0.15) is 0 Å². The molecule has 4 aromatic rings. The lowest BCUT2D eigenvalue weighted by Crippen LogP contribution is -2.00. The van der Waals surface area contributed by atoms with Crippen molar-refractivity contribution >= 4 is 0 Å². The highest BCUT2D eigenvalue weighted by atomic mass is 19.2. The highest BCUT2D eigenvalue weighted by Gasteiger charge is 2.20. The zero-order valence-electron chi connectivity index (χ0n) is 17.2. The molecule has 0 spiro atoms. The molecule has 4 aromatic carbocycles. The average molecular weight is 458 g/mol. The van der Waals surface area contributed by atoms with Gasteiger partial charge in [-0.3, -0.25) is 0 Å². The van der Waals surface area contributed by atoms with Gasteiger partial charge in [-0.15, -0.1) is 0 Å². The number of ether oxygens (including phenoxy) is 1. The summed E-state index contributed by atoms with van der Waals surface area (Å²) in [4.78, 5) is 0. The molecule has 0 aliphatic rings. The summed E-state index contributed by atoms with van der Waals surface area (Å²) in [6.45, 7) is 0.452. The van der Waals surface area contributed by atoms with Gasteiger partial charge in [0.1, 0.15) is 17.5 Å². The van der Waals surface area contributed by atoms with Crippen LogP contribution in [0.5, 0.6) is 5.75 Å². The second kappa shape index (κ2) is 9.02. The molecule has 4 rings (SSSR count). The van der Waals surface area contributed by atoms with Crippen molar-refractivity contribution in [2.45, 2.75) is 6.92 Å². The van der Waals surface area contributed by atoms with E-state index in [0.717, 1.165) is 23.3 Å². The third-order valence-electron chi connectivity index (χ3n) is 5.19. The lowest BCUT2D eigenvalue weighted by Gasteiger charge is -2.12. The van der Waals surface area contributed by atoms with Crippen LogP contribution in [0.3, 0.4) is 0 Å². The molecule has 0 N–H and O–H groups in total. The van der Waals surface area contributed by atoms with Crippen molar-refractivity contribution in [3.63, 3.8) is 0 Å². The van der Waals surface area contributed by atoms with Gasteiger partial charge < -0.3 is 4.74 Å². The first-order chi connectivity index (χ1) is 15.8. The lowest BCUT2D eigenvalue weighted by molar-refractivity contribution is 0.176. The maximum Gasteiger partial charge on any atom is 0.228 e. The SMILES string of the molecule is Cc1ccc(-c2ccc(-c3cc(F)c(-c4cc(F)c(OCF)c(F)c4)c(F)c3)c(F)c2)cc1. The van der Waals surface area contributed by atoms with Crippen molar-refractivity contribution in [3.05, 3.63) is 101 Å². The van der Waals surface area contributed by atoms with E-state index < -0.39 is 52.8 Å². The highest BCUT2D eigenvalue weighted by Crippen LogP contribution is 2.36. The fourth-order valence-corrected chi connectivity index (χ4v) is 3.58. The molecule has 0 aliphatic carbocycles. The number of alkyl halides is 1. The number of aryl methyl sites for hydroxylation is 1. The Hall–Kier alpha value is -3.74. The summed E-state index contributed by atoms with van der Waals surface area (Å²) < 4.78 is 88.9. The fourth-order valence-electron chi connectivity index (χ4n) is 3.58. The van der Waals surface area contributed by atoms with Crippen LogP contribution in [0.2, 0.25) is 0 Å². The first kappa shape index (κ1) is 22.5. The molecule has 1 nitrogen and oxygen atoms in total. The van der Waals surface area contributed by atoms with Gasteiger partial charge in [0.2, 0.25) is 6.86 Å². The maximum atomic E-state index is 14.8. The number of benzene rings is 4. The molecule has 0 amide bonds. The monoisotopic (exact) mass is 458 g/mol. The topological polar surface area (TPSA) is 9.23 Å². The number of halogens is 6. The van der Waals surface area contributed by atoms with E-state index >= 15 is 0 Å². The first-order valence-corrected chi connectivity index (χ1v) is 9.82. The lowest BCUT2D eigenvalue weighted by atomic mass is 9.96. The van der Waals surface area contributed by atoms with Crippen molar-refractivity contribution < 1.29 is 31.1 Å². The van der Waals surface area contributed by atoms with Crippen LogP contribution in [-0.4, -0.2) is 6.86 Å². The second-order valence-corrected chi connectivity index (χ2v) is 7.40. The van der Waals surface area contributed by atoms with E-state index in [0.29, 0.717) is 17.7 Å². The van der Waals surface area contributed by atoms with Crippen LogP contribution in [-0.2, 0) is 0 Å². The number of hydrogen-bond donors (Lipinski definition) is 0. The van der Waals surface area contributed by atoms with Gasteiger partial charge in [0.25, 0.3) is 0 Å². The molecule has 0 atom stereocenters. The van der Waals surface area contributed by atoms with Crippen molar-refractivity contribution in [3.8, 4) is 39.1 Å². The highest BCUT2D eigenvalue weighted by molar-refractivity contribution is 5.75. The third kappa shape index (κ3) is 4.44. The van der Waals surface area contributed by atoms with Gasteiger partial charge in [0, 0.05) is 5.56 Å². The van der Waals surface area contributed by atoms with Crippen molar-refractivity contribution in [1.82, 2.24) is 0 Å². The second-order valence-electron chi connectivity index (χ2n) is 7.40. The van der Waals surface area contributed by atoms with Crippen LogP contribution in [0.1, 0.15) is 5.56 Å². The average Bonchev–Trinajstić information content (AvgIpc) is 2.76. The van der Waals surface area contributed by atoms with Gasteiger partial charge in [-0.05, 0) is 59.5 Å². The Bertz CT molecular complexity index is 1290. The van der Waals surface area contributed by atoms with Gasteiger partial charge in [0.05, 0.1) is 5.56 Å². The van der Waals surface area contributed by atoms with Crippen LogP contribution in [0, 0.1) is 36.0 Å². The normalized spacial score (nSPS) is 11.0. The number of hydrogen-bond acceptors (Lipinski definition) is 1. The third-order valence-corrected chi connectivity index (χ3v) is 5.19. The minimum Gasteiger partial charge on any atom is -0.457 e. The Balaban J connectivity index is 1.73. The zero-order valence-corrected chi connectivity index (χ0v) is 17.2. The largest absolute Gasteiger partial charge is 0.457 e. The van der Waals surface area contributed by atoms with Gasteiger partial charge >= 0.3 is 0 Å². The molecule has 7 heteroatoms. The molecule has 33 heavy (non-hydrogen) atoms. The number of rotatable bonds is 5. The van der Waals surface area contributed by atoms with Crippen LogP contribution in [0.15, 0.2) is 66.7 Å². The van der Waals surface area contributed by atoms with E-state index in [9.17, 15) is 26.3 Å². The Kier molecular flexibility index (Phi) is 6.14. The van der Waals surface area contributed by atoms with Crippen molar-refractivity contribution in [1.29, 1.82) is 0 Å². The van der Waals surface area contributed by atoms with Crippen LogP contribution >= 0.6 is 0 Å². The predicted octanol–water partition coefficient (Wildman–Crippen LogP) is 8.00. The smallest absolute Gasteiger partial charge is 0.228 e. The molecule has 0 radical (unpaired) electrons. The Labute approximate surface area is 185 Å². The minimum atomic E-state index is -1.47. The zero-order chi connectivity index (χ0) is 23.7. The van der Waals surface area contributed by atoms with E-state index in [1.54, 1.807) is 6.07 Å². The van der Waals surface area contributed by atoms with Crippen LogP contribution in [0.25, 0.3) is 33.4 Å². The summed E-state index contributed by atoms with van der Waals surface area (Å²) in [5, 5.41) is 0. The molecular formula is C26H16F6O. The summed E-state index contributed by atoms with van der Waals surface area (Å²) in [5.74, 6) is -6.61. The van der Waals surface area contributed by atoms with E-state index in [1.165, 1.54) is 12.1 Å². The maximum absolute atomic E-state index is 14.8. The fraction of sp³-hybridized carbons (Fsp3) is 0.0769. The van der Waals surface area contributed by atoms with Crippen molar-refractivity contribution in [2.75, 3.05) is 6.86 Å². The summed E-state index contributed by atoms with van der Waals surface area (Å²) in [6, 6.07) is 14.7. The molecule has 0 saturated carbocycles.